The molecule has 3 N–H and O–H groups in total. The molecule has 0 saturated carbocycles. The van der Waals surface area contributed by atoms with Crippen molar-refractivity contribution in [3.63, 3.8) is 0 Å². The molecule has 0 aliphatic carbocycles. The van der Waals surface area contributed by atoms with Crippen molar-refractivity contribution in [3.8, 4) is 5.75 Å². The highest BCUT2D eigenvalue weighted by Crippen LogP contribution is 2.31. The molecule has 0 radical (unpaired) electrons. The van der Waals surface area contributed by atoms with Gasteiger partial charge in [-0.25, -0.2) is 0 Å². The number of hydrogen-bond acceptors (Lipinski definition) is 3. The van der Waals surface area contributed by atoms with Crippen LogP contribution < -0.4 is 20.7 Å². The number of nitrogens with zero attached hydrogens (tertiary/aromatic N) is 1. The number of anilines is 1. The Kier molecular flexibility index (Phi) is 7.11. The van der Waals surface area contributed by atoms with Crippen LogP contribution in [-0.4, -0.2) is 32.1 Å². The van der Waals surface area contributed by atoms with Crippen LogP contribution in [0, 0.1) is 5.92 Å². The minimum absolute atomic E-state index is 0.0506. The lowest BCUT2D eigenvalue weighted by Crippen LogP contribution is -2.40. The summed E-state index contributed by atoms with van der Waals surface area (Å²) >= 11 is 0. The molecule has 6 heteroatoms. The summed E-state index contributed by atoms with van der Waals surface area (Å²) in [5.41, 5.74) is 3.13. The van der Waals surface area contributed by atoms with Crippen molar-refractivity contribution in [1.82, 2.24) is 10.6 Å². The molecule has 1 heterocycles. The lowest BCUT2D eigenvalue weighted by molar-refractivity contribution is -0.116. The third kappa shape index (κ3) is 5.73. The number of nitrogens with one attached hydrogen (secondary N) is 3. The maximum Gasteiger partial charge on any atom is 0.225 e. The molecular weight excluding hydrogens is 364 g/mol. The number of amides is 1. The highest BCUT2D eigenvalue weighted by molar-refractivity contribution is 5.94. The van der Waals surface area contributed by atoms with Crippen LogP contribution in [0.2, 0.25) is 0 Å². The van der Waals surface area contributed by atoms with E-state index in [1.165, 1.54) is 0 Å². The normalized spacial score (nSPS) is 16.2. The smallest absolute Gasteiger partial charge is 0.225 e. The Morgan fingerprint density at radius 2 is 1.93 bits per heavy atom. The Balaban J connectivity index is 1.58. The minimum atomic E-state index is 0.0506. The molecule has 6 nitrogen and oxygen atoms in total. The van der Waals surface area contributed by atoms with E-state index in [0.29, 0.717) is 38.0 Å². The van der Waals surface area contributed by atoms with Gasteiger partial charge in [-0.15, -0.1) is 0 Å². The second kappa shape index (κ2) is 9.96. The van der Waals surface area contributed by atoms with Crippen LogP contribution in [0.1, 0.15) is 37.3 Å². The predicted octanol–water partition coefficient (Wildman–Crippen LogP) is 3.51. The van der Waals surface area contributed by atoms with Crippen LogP contribution in [0.25, 0.3) is 0 Å². The van der Waals surface area contributed by atoms with Crippen molar-refractivity contribution in [3.05, 3.63) is 59.7 Å². The number of guanidine groups is 1. The Morgan fingerprint density at radius 3 is 2.72 bits per heavy atom. The lowest BCUT2D eigenvalue weighted by atomic mass is 9.90. The number of carbonyl (C=O) groups excluding carboxylic acids is 1. The average Bonchev–Trinajstić information content (AvgIpc) is 2.72. The molecule has 0 fully saturated rings. The van der Waals surface area contributed by atoms with Gasteiger partial charge in [0.2, 0.25) is 5.91 Å². The molecule has 0 saturated heterocycles. The first-order valence-corrected chi connectivity index (χ1v) is 10.1. The van der Waals surface area contributed by atoms with Crippen LogP contribution >= 0.6 is 0 Å². The fourth-order valence-electron chi connectivity index (χ4n) is 3.35. The van der Waals surface area contributed by atoms with Crippen LogP contribution in [0.3, 0.4) is 0 Å². The van der Waals surface area contributed by atoms with E-state index in [1.54, 1.807) is 7.05 Å². The van der Waals surface area contributed by atoms with Gasteiger partial charge in [0, 0.05) is 43.7 Å². The molecule has 29 heavy (non-hydrogen) atoms. The van der Waals surface area contributed by atoms with E-state index in [-0.39, 0.29) is 11.8 Å². The topological polar surface area (TPSA) is 74.8 Å². The predicted molar refractivity (Wildman–Crippen MR) is 117 cm³/mol. The summed E-state index contributed by atoms with van der Waals surface area (Å²) < 4.78 is 5.93. The van der Waals surface area contributed by atoms with Crippen molar-refractivity contribution in [2.45, 2.75) is 32.7 Å². The molecule has 3 rings (SSSR count). The number of rotatable bonds is 7. The summed E-state index contributed by atoms with van der Waals surface area (Å²) in [6, 6.07) is 16.0. The van der Waals surface area contributed by atoms with Crippen molar-refractivity contribution in [2.75, 3.05) is 25.5 Å². The summed E-state index contributed by atoms with van der Waals surface area (Å²) in [5.74, 6) is 2.23. The van der Waals surface area contributed by atoms with Gasteiger partial charge < -0.3 is 20.7 Å². The van der Waals surface area contributed by atoms with E-state index in [9.17, 15) is 4.79 Å². The van der Waals surface area contributed by atoms with Gasteiger partial charge in [-0.05, 0) is 23.6 Å². The first kappa shape index (κ1) is 20.7. The largest absolute Gasteiger partial charge is 0.493 e. The van der Waals surface area contributed by atoms with Crippen LogP contribution in [0.4, 0.5) is 5.69 Å². The minimum Gasteiger partial charge on any atom is -0.493 e. The van der Waals surface area contributed by atoms with E-state index in [4.69, 9.17) is 4.74 Å². The number of hydrogen-bond donors (Lipinski definition) is 3. The Morgan fingerprint density at radius 1 is 1.17 bits per heavy atom. The van der Waals surface area contributed by atoms with E-state index < -0.39 is 0 Å². The van der Waals surface area contributed by atoms with Gasteiger partial charge in [-0.1, -0.05) is 50.2 Å². The number of fused-ring (bicyclic) bond motifs is 1. The molecule has 1 aliphatic rings. The number of para-hydroxylation sites is 2. The zero-order chi connectivity index (χ0) is 20.6. The van der Waals surface area contributed by atoms with Gasteiger partial charge in [0.05, 0.1) is 6.61 Å². The highest BCUT2D eigenvalue weighted by atomic mass is 16.5. The number of benzene rings is 2. The Labute approximate surface area is 172 Å². The Hall–Kier alpha value is -3.02. The second-order valence-electron chi connectivity index (χ2n) is 7.66. The second-order valence-corrected chi connectivity index (χ2v) is 7.66. The zero-order valence-corrected chi connectivity index (χ0v) is 17.4. The lowest BCUT2D eigenvalue weighted by Gasteiger charge is -2.26. The SMILES string of the molecule is CN=C(NCc1ccccc1OCC(C)C)NCC1CC(=O)Nc2ccccc21. The monoisotopic (exact) mass is 394 g/mol. The molecule has 1 unspecified atom stereocenters. The number of aliphatic imine (C=N–C) groups is 1. The third-order valence-electron chi connectivity index (χ3n) is 4.84. The van der Waals surface area contributed by atoms with E-state index >= 15 is 0 Å². The van der Waals surface area contributed by atoms with Gasteiger partial charge in [-0.3, -0.25) is 9.79 Å². The average molecular weight is 395 g/mol. The number of ether oxygens (including phenoxy) is 1. The molecule has 0 aromatic heterocycles. The molecule has 1 amide bonds. The molecular formula is C23H30N4O2. The maximum atomic E-state index is 12.0. The van der Waals surface area contributed by atoms with Gasteiger partial charge in [0.25, 0.3) is 0 Å². The van der Waals surface area contributed by atoms with Gasteiger partial charge in [-0.2, -0.15) is 0 Å². The van der Waals surface area contributed by atoms with Gasteiger partial charge >= 0.3 is 0 Å². The van der Waals surface area contributed by atoms with E-state index in [0.717, 1.165) is 22.6 Å². The molecule has 2 aromatic rings. The van der Waals surface area contributed by atoms with E-state index in [1.807, 2.05) is 36.4 Å². The summed E-state index contributed by atoms with van der Waals surface area (Å²) in [6.07, 6.45) is 0.465. The molecule has 154 valence electrons. The molecule has 2 aromatic carbocycles. The first-order chi connectivity index (χ1) is 14.1. The number of carbonyl (C=O) groups is 1. The molecule has 1 atom stereocenters. The van der Waals surface area contributed by atoms with Crippen LogP contribution in [0.5, 0.6) is 5.75 Å². The highest BCUT2D eigenvalue weighted by Gasteiger charge is 2.24. The van der Waals surface area contributed by atoms with Crippen molar-refractivity contribution < 1.29 is 9.53 Å². The maximum absolute atomic E-state index is 12.0. The van der Waals surface area contributed by atoms with Crippen molar-refractivity contribution >= 4 is 17.6 Å². The van der Waals surface area contributed by atoms with Crippen LogP contribution in [0.15, 0.2) is 53.5 Å². The van der Waals surface area contributed by atoms with E-state index in [2.05, 4.69) is 46.9 Å². The fourth-order valence-corrected chi connectivity index (χ4v) is 3.35. The summed E-state index contributed by atoms with van der Waals surface area (Å²) in [5, 5.41) is 9.64. The van der Waals surface area contributed by atoms with Crippen molar-refractivity contribution in [1.29, 1.82) is 0 Å². The summed E-state index contributed by atoms with van der Waals surface area (Å²) in [4.78, 5) is 16.3. The third-order valence-corrected chi connectivity index (χ3v) is 4.84. The molecule has 0 bridgehead atoms. The standard InChI is InChI=1S/C23H30N4O2/c1-16(2)15-29-21-11-7-4-8-17(21)13-25-23(24-3)26-14-18-12-22(28)27-20-10-6-5-9-19(18)20/h4-11,16,18H,12-15H2,1-3H3,(H,27,28)(H2,24,25,26). The van der Waals surface area contributed by atoms with Gasteiger partial charge in [0.15, 0.2) is 5.96 Å². The van der Waals surface area contributed by atoms with Crippen LogP contribution in [-0.2, 0) is 11.3 Å². The summed E-state index contributed by atoms with van der Waals surface area (Å²) in [6.45, 7) is 6.20. The van der Waals surface area contributed by atoms with Gasteiger partial charge in [0.1, 0.15) is 5.75 Å². The summed E-state index contributed by atoms with van der Waals surface area (Å²) in [7, 11) is 1.75. The Bertz CT molecular complexity index is 863. The quantitative estimate of drug-likeness (QED) is 0.496. The van der Waals surface area contributed by atoms with Crippen molar-refractivity contribution in [2.24, 2.45) is 10.9 Å². The molecule has 1 aliphatic heterocycles. The zero-order valence-electron chi connectivity index (χ0n) is 17.4. The fraction of sp³-hybridized carbons (Fsp3) is 0.391. The first-order valence-electron chi connectivity index (χ1n) is 10.1. The molecule has 0 spiro atoms.